The fourth-order valence-corrected chi connectivity index (χ4v) is 2.32. The van der Waals surface area contributed by atoms with Crippen molar-refractivity contribution in [3.8, 4) is 11.5 Å². The molecule has 0 radical (unpaired) electrons. The molecule has 0 bridgehead atoms. The minimum Gasteiger partial charge on any atom is -0.457 e. The minimum atomic E-state index is 0.0483. The van der Waals surface area contributed by atoms with Crippen LogP contribution >= 0.6 is 0 Å². The van der Waals surface area contributed by atoms with Gasteiger partial charge >= 0.3 is 0 Å². The lowest BCUT2D eigenvalue weighted by molar-refractivity contribution is 0.482. The van der Waals surface area contributed by atoms with Gasteiger partial charge in [0.2, 0.25) is 0 Å². The van der Waals surface area contributed by atoms with E-state index in [1.54, 1.807) is 6.34 Å². The Morgan fingerprint density at radius 3 is 2.33 bits per heavy atom. The van der Waals surface area contributed by atoms with Crippen LogP contribution in [0.3, 0.4) is 0 Å². The van der Waals surface area contributed by atoms with E-state index in [2.05, 4.69) is 10.3 Å². The van der Waals surface area contributed by atoms with Gasteiger partial charge in [-0.25, -0.2) is 0 Å². The van der Waals surface area contributed by atoms with E-state index in [0.29, 0.717) is 5.82 Å². The second-order valence-corrected chi connectivity index (χ2v) is 4.87. The Morgan fingerprint density at radius 1 is 1.00 bits per heavy atom. The van der Waals surface area contributed by atoms with Gasteiger partial charge in [0.25, 0.3) is 0 Å². The molecule has 0 aromatic heterocycles. The van der Waals surface area contributed by atoms with E-state index in [0.717, 1.165) is 22.6 Å². The fraction of sp³-hybridized carbons (Fsp3) is 0.118. The number of nitrogens with one attached hydrogen (secondary N) is 1. The first-order valence-electron chi connectivity index (χ1n) is 6.85. The number of aliphatic imine (C=N–C) groups is 1. The molecule has 1 aliphatic heterocycles. The fourth-order valence-electron chi connectivity index (χ4n) is 2.32. The molecule has 0 aliphatic carbocycles. The predicted octanol–water partition coefficient (Wildman–Crippen LogP) is 3.13. The van der Waals surface area contributed by atoms with Gasteiger partial charge in [0.1, 0.15) is 17.3 Å². The summed E-state index contributed by atoms with van der Waals surface area (Å²) in [5.41, 5.74) is 8.06. The number of benzene rings is 2. The molecule has 0 saturated heterocycles. The summed E-state index contributed by atoms with van der Waals surface area (Å²) in [5.74, 6) is 2.26. The first-order chi connectivity index (χ1) is 10.2. The highest BCUT2D eigenvalue weighted by atomic mass is 16.5. The van der Waals surface area contributed by atoms with Crippen molar-refractivity contribution >= 4 is 11.9 Å². The van der Waals surface area contributed by atoms with Crippen LogP contribution in [0.15, 0.2) is 65.4 Å². The third kappa shape index (κ3) is 2.89. The van der Waals surface area contributed by atoms with Gasteiger partial charge in [0.15, 0.2) is 0 Å². The molecule has 106 valence electrons. The highest BCUT2D eigenvalue weighted by Crippen LogP contribution is 2.27. The molecule has 0 fully saturated rings. The Kier molecular flexibility index (Phi) is 3.60. The van der Waals surface area contributed by atoms with E-state index in [-0.39, 0.29) is 6.04 Å². The Hall–Kier alpha value is -2.75. The molecule has 4 heteroatoms. The van der Waals surface area contributed by atoms with E-state index < -0.39 is 0 Å². The number of rotatable bonds is 3. The third-order valence-electron chi connectivity index (χ3n) is 3.37. The molecule has 3 N–H and O–H groups in total. The summed E-state index contributed by atoms with van der Waals surface area (Å²) >= 11 is 0. The zero-order valence-corrected chi connectivity index (χ0v) is 11.8. The van der Waals surface area contributed by atoms with E-state index in [1.807, 2.05) is 61.5 Å². The Bertz CT molecular complexity index is 675. The number of nitrogens with zero attached hydrogens (tertiary/aromatic N) is 1. The van der Waals surface area contributed by atoms with Crippen molar-refractivity contribution in [1.29, 1.82) is 0 Å². The summed E-state index contributed by atoms with van der Waals surface area (Å²) < 4.78 is 5.78. The normalized spacial score (nSPS) is 17.5. The zero-order chi connectivity index (χ0) is 14.7. The lowest BCUT2D eigenvalue weighted by Gasteiger charge is -2.20. The molecular formula is C17H17N3O. The van der Waals surface area contributed by atoms with Gasteiger partial charge in [-0.2, -0.15) is 0 Å². The van der Waals surface area contributed by atoms with E-state index in [4.69, 9.17) is 10.5 Å². The van der Waals surface area contributed by atoms with E-state index in [9.17, 15) is 0 Å². The van der Waals surface area contributed by atoms with E-state index >= 15 is 0 Å². The van der Waals surface area contributed by atoms with Crippen molar-refractivity contribution in [2.24, 2.45) is 10.7 Å². The number of nitrogens with two attached hydrogens (primary N) is 1. The number of hydrogen-bond donors (Lipinski definition) is 2. The van der Waals surface area contributed by atoms with Gasteiger partial charge in [-0.3, -0.25) is 4.99 Å². The van der Waals surface area contributed by atoms with Crippen molar-refractivity contribution in [2.45, 2.75) is 13.0 Å². The SMILES string of the molecule is CC1N=CNC(N)=C1c1ccc(Oc2ccccc2)cc1. The minimum absolute atomic E-state index is 0.0483. The molecule has 0 saturated carbocycles. The van der Waals surface area contributed by atoms with Crippen LogP contribution in [0.5, 0.6) is 11.5 Å². The molecule has 4 nitrogen and oxygen atoms in total. The largest absolute Gasteiger partial charge is 0.457 e. The maximum absolute atomic E-state index is 6.01. The van der Waals surface area contributed by atoms with Crippen molar-refractivity contribution in [3.63, 3.8) is 0 Å². The molecule has 2 aromatic rings. The number of hydrogen-bond acceptors (Lipinski definition) is 4. The van der Waals surface area contributed by atoms with Gasteiger partial charge in [-0.1, -0.05) is 30.3 Å². The van der Waals surface area contributed by atoms with Gasteiger partial charge in [0.05, 0.1) is 12.4 Å². The number of para-hydroxylation sites is 1. The molecule has 3 rings (SSSR count). The average Bonchev–Trinajstić information content (AvgIpc) is 2.50. The second-order valence-electron chi connectivity index (χ2n) is 4.87. The van der Waals surface area contributed by atoms with Gasteiger partial charge < -0.3 is 15.8 Å². The first kappa shape index (κ1) is 13.2. The average molecular weight is 279 g/mol. The second kappa shape index (κ2) is 5.71. The maximum atomic E-state index is 6.01. The third-order valence-corrected chi connectivity index (χ3v) is 3.37. The highest BCUT2D eigenvalue weighted by Gasteiger charge is 2.16. The van der Waals surface area contributed by atoms with Crippen molar-refractivity contribution in [1.82, 2.24) is 5.32 Å². The van der Waals surface area contributed by atoms with Gasteiger partial charge in [-0.15, -0.1) is 0 Å². The lowest BCUT2D eigenvalue weighted by atomic mass is 9.99. The van der Waals surface area contributed by atoms with Gasteiger partial charge in [-0.05, 0) is 36.8 Å². The molecule has 1 heterocycles. The standard InChI is InChI=1S/C17H17N3O/c1-12-16(17(18)20-11-19-12)13-7-9-15(10-8-13)21-14-5-3-2-4-6-14/h2-12H,18H2,1H3,(H,19,20). The molecule has 0 spiro atoms. The monoisotopic (exact) mass is 279 g/mol. The summed E-state index contributed by atoms with van der Waals surface area (Å²) in [6.07, 6.45) is 1.64. The summed E-state index contributed by atoms with van der Waals surface area (Å²) in [7, 11) is 0. The first-order valence-corrected chi connectivity index (χ1v) is 6.85. The highest BCUT2D eigenvalue weighted by molar-refractivity contribution is 5.78. The molecule has 1 aliphatic rings. The Labute approximate surface area is 124 Å². The quantitative estimate of drug-likeness (QED) is 0.907. The van der Waals surface area contributed by atoms with Crippen LogP contribution < -0.4 is 15.8 Å². The predicted molar refractivity (Wildman–Crippen MR) is 85.2 cm³/mol. The maximum Gasteiger partial charge on any atom is 0.127 e. The van der Waals surface area contributed by atoms with Crippen molar-refractivity contribution in [3.05, 3.63) is 66.0 Å². The Morgan fingerprint density at radius 2 is 1.67 bits per heavy atom. The molecule has 1 atom stereocenters. The summed E-state index contributed by atoms with van der Waals surface area (Å²) in [6, 6.07) is 17.6. The van der Waals surface area contributed by atoms with Gasteiger partial charge in [0, 0.05) is 5.57 Å². The van der Waals surface area contributed by atoms with Crippen LogP contribution in [0, 0.1) is 0 Å². The van der Waals surface area contributed by atoms with Crippen LogP contribution in [0.25, 0.3) is 5.57 Å². The van der Waals surface area contributed by atoms with E-state index in [1.165, 1.54) is 0 Å². The summed E-state index contributed by atoms with van der Waals surface area (Å²) in [6.45, 7) is 2.02. The molecule has 1 unspecified atom stereocenters. The van der Waals surface area contributed by atoms with Crippen molar-refractivity contribution < 1.29 is 4.74 Å². The molecule has 2 aromatic carbocycles. The molecule has 0 amide bonds. The van der Waals surface area contributed by atoms with Crippen LogP contribution in [0.2, 0.25) is 0 Å². The van der Waals surface area contributed by atoms with Crippen LogP contribution in [0.4, 0.5) is 0 Å². The number of ether oxygens (including phenoxy) is 1. The van der Waals surface area contributed by atoms with Crippen LogP contribution in [-0.4, -0.2) is 12.4 Å². The topological polar surface area (TPSA) is 59.6 Å². The Balaban J connectivity index is 1.81. The van der Waals surface area contributed by atoms with Crippen LogP contribution in [0.1, 0.15) is 12.5 Å². The zero-order valence-electron chi connectivity index (χ0n) is 11.8. The molecule has 21 heavy (non-hydrogen) atoms. The summed E-state index contributed by atoms with van der Waals surface area (Å²) in [5, 5.41) is 2.95. The molecular weight excluding hydrogens is 262 g/mol. The van der Waals surface area contributed by atoms with Crippen molar-refractivity contribution in [2.75, 3.05) is 0 Å². The lowest BCUT2D eigenvalue weighted by Crippen LogP contribution is -2.28. The van der Waals surface area contributed by atoms with Crippen LogP contribution in [-0.2, 0) is 0 Å². The summed E-state index contributed by atoms with van der Waals surface area (Å²) in [4.78, 5) is 4.32. The smallest absolute Gasteiger partial charge is 0.127 e.